The Hall–Kier alpha value is -3.03. The van der Waals surface area contributed by atoms with Crippen LogP contribution in [0.1, 0.15) is 22.8 Å². The third-order valence-electron chi connectivity index (χ3n) is 5.12. The fourth-order valence-electron chi connectivity index (χ4n) is 3.48. The number of aromatic nitrogens is 2. The Morgan fingerprint density at radius 2 is 1.97 bits per heavy atom. The molecule has 1 saturated heterocycles. The number of hydrogen-bond acceptors (Lipinski definition) is 6. The Labute approximate surface area is 176 Å². The van der Waals surface area contributed by atoms with Crippen molar-refractivity contribution in [2.75, 3.05) is 19.7 Å². The first kappa shape index (κ1) is 20.3. The lowest BCUT2D eigenvalue weighted by molar-refractivity contribution is -0.139. The molecule has 156 valence electrons. The highest BCUT2D eigenvalue weighted by Crippen LogP contribution is 2.22. The molecular formula is C23H26N4O3. The summed E-state index contributed by atoms with van der Waals surface area (Å²) in [5.74, 6) is 1.30. The molecule has 1 fully saturated rings. The summed E-state index contributed by atoms with van der Waals surface area (Å²) in [6, 6.07) is 15.6. The maximum Gasteiger partial charge on any atom is 0.250 e. The molecule has 0 saturated carbocycles. The van der Waals surface area contributed by atoms with Gasteiger partial charge < -0.3 is 14.5 Å². The van der Waals surface area contributed by atoms with Crippen LogP contribution >= 0.6 is 0 Å². The molecule has 1 unspecified atom stereocenters. The molecule has 0 aliphatic carbocycles. The molecule has 1 N–H and O–H groups in total. The van der Waals surface area contributed by atoms with Crippen LogP contribution in [0.2, 0.25) is 0 Å². The lowest BCUT2D eigenvalue weighted by atomic mass is 10.2. The molecule has 0 spiro atoms. The van der Waals surface area contributed by atoms with Gasteiger partial charge in [0.1, 0.15) is 11.9 Å². The van der Waals surface area contributed by atoms with Gasteiger partial charge in [0.15, 0.2) is 0 Å². The molecule has 7 nitrogen and oxygen atoms in total. The summed E-state index contributed by atoms with van der Waals surface area (Å²) in [5.41, 5.74) is 3.61. The largest absolute Gasteiger partial charge is 0.441 e. The second-order valence-electron chi connectivity index (χ2n) is 7.47. The van der Waals surface area contributed by atoms with Crippen molar-refractivity contribution in [3.05, 3.63) is 71.4 Å². The highest BCUT2D eigenvalue weighted by Gasteiger charge is 2.27. The Bertz CT molecular complexity index is 1000. The number of nitrogens with zero attached hydrogens (tertiary/aromatic N) is 3. The van der Waals surface area contributed by atoms with Gasteiger partial charge in [-0.15, -0.1) is 0 Å². The van der Waals surface area contributed by atoms with Crippen LogP contribution in [0.3, 0.4) is 0 Å². The molecule has 1 aromatic carbocycles. The number of oxazole rings is 1. The summed E-state index contributed by atoms with van der Waals surface area (Å²) in [7, 11) is 0. The fourth-order valence-corrected chi connectivity index (χ4v) is 3.48. The lowest BCUT2D eigenvalue weighted by Gasteiger charge is -2.31. The van der Waals surface area contributed by atoms with Crippen LogP contribution in [0.4, 0.5) is 0 Å². The van der Waals surface area contributed by atoms with Gasteiger partial charge in [-0.25, -0.2) is 4.98 Å². The topological polar surface area (TPSA) is 80.5 Å². The summed E-state index contributed by atoms with van der Waals surface area (Å²) < 4.78 is 11.6. The van der Waals surface area contributed by atoms with E-state index in [0.717, 1.165) is 35.0 Å². The molecule has 2 aromatic heterocycles. The Balaban J connectivity index is 1.35. The van der Waals surface area contributed by atoms with Crippen molar-refractivity contribution in [2.24, 2.45) is 0 Å². The number of morpholine rings is 1. The van der Waals surface area contributed by atoms with Gasteiger partial charge in [-0.05, 0) is 38.1 Å². The normalized spacial score (nSPS) is 17.1. The number of ether oxygens (including phenoxy) is 1. The van der Waals surface area contributed by atoms with Crippen molar-refractivity contribution >= 4 is 5.91 Å². The van der Waals surface area contributed by atoms with Crippen LogP contribution in [0.15, 0.2) is 52.9 Å². The lowest BCUT2D eigenvalue weighted by Crippen LogP contribution is -2.49. The van der Waals surface area contributed by atoms with Crippen molar-refractivity contribution in [1.82, 2.24) is 20.2 Å². The van der Waals surface area contributed by atoms with Gasteiger partial charge in [0.2, 0.25) is 5.89 Å². The van der Waals surface area contributed by atoms with Crippen LogP contribution in [0, 0.1) is 13.8 Å². The second kappa shape index (κ2) is 9.19. The quantitative estimate of drug-likeness (QED) is 0.678. The van der Waals surface area contributed by atoms with Crippen molar-refractivity contribution in [3.63, 3.8) is 0 Å². The minimum absolute atomic E-state index is 0.121. The molecule has 3 heterocycles. The minimum Gasteiger partial charge on any atom is -0.441 e. The van der Waals surface area contributed by atoms with Gasteiger partial charge in [0.25, 0.3) is 5.91 Å². The van der Waals surface area contributed by atoms with Gasteiger partial charge in [-0.3, -0.25) is 14.7 Å². The number of aryl methyl sites for hydroxylation is 2. The van der Waals surface area contributed by atoms with Gasteiger partial charge in [-0.2, -0.15) is 0 Å². The summed E-state index contributed by atoms with van der Waals surface area (Å²) in [4.78, 5) is 23.8. The zero-order valence-electron chi connectivity index (χ0n) is 17.3. The Kier molecular flexibility index (Phi) is 6.21. The summed E-state index contributed by atoms with van der Waals surface area (Å²) in [6.45, 7) is 6.63. The molecule has 1 aliphatic rings. The predicted octanol–water partition coefficient (Wildman–Crippen LogP) is 2.87. The van der Waals surface area contributed by atoms with Gasteiger partial charge >= 0.3 is 0 Å². The third-order valence-corrected chi connectivity index (χ3v) is 5.12. The Morgan fingerprint density at radius 3 is 2.77 bits per heavy atom. The molecule has 3 aromatic rings. The molecule has 0 radical (unpaired) electrons. The first-order valence-corrected chi connectivity index (χ1v) is 10.1. The molecule has 1 amide bonds. The van der Waals surface area contributed by atoms with Crippen LogP contribution in [0.25, 0.3) is 11.5 Å². The molecule has 0 bridgehead atoms. The third kappa shape index (κ3) is 4.93. The molecular weight excluding hydrogens is 380 g/mol. The molecule has 7 heteroatoms. The number of rotatable bonds is 6. The zero-order chi connectivity index (χ0) is 20.9. The van der Waals surface area contributed by atoms with Gasteiger partial charge in [0, 0.05) is 30.9 Å². The number of nitrogens with one attached hydrogen (secondary N) is 1. The standard InChI is InChI=1S/C23H26N4O3/c1-16-7-6-10-19(25-16)13-24-22(28)21-15-27(11-12-29-21)14-20-17(2)30-23(26-20)18-8-4-3-5-9-18/h3-10,21H,11-15H2,1-2H3,(H,24,28). The van der Waals surface area contributed by atoms with E-state index in [4.69, 9.17) is 9.15 Å². The summed E-state index contributed by atoms with van der Waals surface area (Å²) in [6.07, 6.45) is -0.510. The van der Waals surface area contributed by atoms with Crippen molar-refractivity contribution in [2.45, 2.75) is 33.0 Å². The molecule has 1 atom stereocenters. The maximum absolute atomic E-state index is 12.6. The number of hydrogen-bond donors (Lipinski definition) is 1. The first-order valence-electron chi connectivity index (χ1n) is 10.1. The fraction of sp³-hybridized carbons (Fsp3) is 0.348. The molecule has 4 rings (SSSR count). The van der Waals surface area contributed by atoms with Crippen molar-refractivity contribution < 1.29 is 13.9 Å². The average molecular weight is 406 g/mol. The van der Waals surface area contributed by atoms with Crippen molar-refractivity contribution in [1.29, 1.82) is 0 Å². The first-order chi connectivity index (χ1) is 14.6. The minimum atomic E-state index is -0.510. The molecule has 1 aliphatic heterocycles. The zero-order valence-corrected chi connectivity index (χ0v) is 17.3. The number of carbonyl (C=O) groups excluding carboxylic acids is 1. The van der Waals surface area contributed by atoms with E-state index in [1.165, 1.54) is 0 Å². The number of benzene rings is 1. The average Bonchev–Trinajstić information content (AvgIpc) is 3.13. The van der Waals surface area contributed by atoms with Crippen LogP contribution < -0.4 is 5.32 Å². The molecule has 30 heavy (non-hydrogen) atoms. The van der Waals surface area contributed by atoms with E-state index in [-0.39, 0.29) is 5.91 Å². The highest BCUT2D eigenvalue weighted by atomic mass is 16.5. The Morgan fingerprint density at radius 1 is 1.13 bits per heavy atom. The van der Waals surface area contributed by atoms with Crippen LogP contribution in [-0.4, -0.2) is 46.6 Å². The second-order valence-corrected chi connectivity index (χ2v) is 7.47. The number of amides is 1. The highest BCUT2D eigenvalue weighted by molar-refractivity contribution is 5.81. The van der Waals surface area contributed by atoms with E-state index in [2.05, 4.69) is 20.2 Å². The van der Waals surface area contributed by atoms with E-state index < -0.39 is 6.10 Å². The van der Waals surface area contributed by atoms with E-state index in [9.17, 15) is 4.79 Å². The van der Waals surface area contributed by atoms with E-state index in [1.807, 2.05) is 62.4 Å². The number of carbonyl (C=O) groups is 1. The van der Waals surface area contributed by atoms with Gasteiger partial charge in [0.05, 0.1) is 24.5 Å². The monoisotopic (exact) mass is 406 g/mol. The van der Waals surface area contributed by atoms with Crippen molar-refractivity contribution in [3.8, 4) is 11.5 Å². The van der Waals surface area contributed by atoms with E-state index in [1.54, 1.807) is 0 Å². The van der Waals surface area contributed by atoms with Crippen LogP contribution in [0.5, 0.6) is 0 Å². The van der Waals surface area contributed by atoms with Crippen LogP contribution in [-0.2, 0) is 22.6 Å². The van der Waals surface area contributed by atoms with E-state index >= 15 is 0 Å². The predicted molar refractivity (Wildman–Crippen MR) is 113 cm³/mol. The van der Waals surface area contributed by atoms with E-state index in [0.29, 0.717) is 32.1 Å². The number of pyridine rings is 1. The smallest absolute Gasteiger partial charge is 0.250 e. The summed E-state index contributed by atoms with van der Waals surface area (Å²) in [5, 5.41) is 2.93. The SMILES string of the molecule is Cc1cccc(CNC(=O)C2CN(Cc3nc(-c4ccccc4)oc3C)CCO2)n1. The summed E-state index contributed by atoms with van der Waals surface area (Å²) >= 11 is 0. The van der Waals surface area contributed by atoms with Gasteiger partial charge in [-0.1, -0.05) is 24.3 Å². The maximum atomic E-state index is 12.6.